The highest BCUT2D eigenvalue weighted by Gasteiger charge is 2.02. The third-order valence-electron chi connectivity index (χ3n) is 2.85. The molecule has 0 unspecified atom stereocenters. The molecule has 1 heterocycles. The highest BCUT2D eigenvalue weighted by Crippen LogP contribution is 2.19. The number of halogens is 1. The molecule has 0 fully saturated rings. The molecule has 3 nitrogen and oxygen atoms in total. The Hall–Kier alpha value is -1.74. The Kier molecular flexibility index (Phi) is 3.72. The van der Waals surface area contributed by atoms with E-state index < -0.39 is 0 Å². The first-order chi connectivity index (χ1) is 8.58. The normalized spacial score (nSPS) is 11.7. The topological polar surface area (TPSA) is 29.3 Å². The summed E-state index contributed by atoms with van der Waals surface area (Å²) in [5.41, 5.74) is 7.15. The van der Waals surface area contributed by atoms with Gasteiger partial charge in [0.15, 0.2) is 0 Å². The predicted molar refractivity (Wildman–Crippen MR) is 77.4 cm³/mol. The summed E-state index contributed by atoms with van der Waals surface area (Å²) < 4.78 is 2.04. The van der Waals surface area contributed by atoms with Gasteiger partial charge in [0, 0.05) is 18.3 Å². The molecule has 4 heteroatoms. The average Bonchev–Trinajstić information content (AvgIpc) is 2.74. The number of hydrogen-bond donors (Lipinski definition) is 1. The quantitative estimate of drug-likeness (QED) is 0.660. The summed E-state index contributed by atoms with van der Waals surface area (Å²) in [6.07, 6.45) is 2.00. The molecule has 18 heavy (non-hydrogen) atoms. The van der Waals surface area contributed by atoms with E-state index in [1.165, 1.54) is 0 Å². The Bertz CT molecular complexity index is 584. The van der Waals surface area contributed by atoms with Gasteiger partial charge in [-0.15, -0.1) is 0 Å². The van der Waals surface area contributed by atoms with Crippen molar-refractivity contribution in [3.8, 4) is 0 Å². The molecule has 0 saturated heterocycles. The molecule has 1 aromatic heterocycles. The minimum absolute atomic E-state index is 0.737. The lowest BCUT2D eigenvalue weighted by Crippen LogP contribution is -2.05. The van der Waals surface area contributed by atoms with Gasteiger partial charge in [0.25, 0.3) is 0 Å². The third kappa shape index (κ3) is 2.74. The molecule has 0 aliphatic heterocycles. The number of aryl methyl sites for hydroxylation is 2. The largest absolute Gasteiger partial charge is 0.350 e. The van der Waals surface area contributed by atoms with Crippen LogP contribution in [0.1, 0.15) is 18.2 Å². The van der Waals surface area contributed by atoms with E-state index >= 15 is 0 Å². The molecular formula is C14H16ClN3. The minimum Gasteiger partial charge on any atom is -0.350 e. The molecule has 0 spiro atoms. The minimum atomic E-state index is 0.737. The van der Waals surface area contributed by atoms with Crippen LogP contribution in [0.15, 0.2) is 41.6 Å². The van der Waals surface area contributed by atoms with Crippen LogP contribution in [-0.4, -0.2) is 10.3 Å². The second-order valence-corrected chi connectivity index (χ2v) is 4.71. The standard InChI is InChI=1S/C14H16ClN3/c1-10-9-12(15)6-7-13(10)17-16-11(2)14-5-4-8-18(14)3/h4-9,17H,1-3H3/b16-11+. The van der Waals surface area contributed by atoms with Crippen LogP contribution < -0.4 is 5.43 Å². The van der Waals surface area contributed by atoms with Crippen LogP contribution in [0.3, 0.4) is 0 Å². The zero-order chi connectivity index (χ0) is 13.1. The number of aromatic nitrogens is 1. The van der Waals surface area contributed by atoms with E-state index in [4.69, 9.17) is 11.6 Å². The molecule has 0 aliphatic carbocycles. The Labute approximate surface area is 112 Å². The van der Waals surface area contributed by atoms with Gasteiger partial charge in [0.2, 0.25) is 0 Å². The van der Waals surface area contributed by atoms with Crippen molar-refractivity contribution in [2.24, 2.45) is 12.1 Å². The fraction of sp³-hybridized carbons (Fsp3) is 0.214. The second-order valence-electron chi connectivity index (χ2n) is 4.27. The molecular weight excluding hydrogens is 246 g/mol. The Balaban J connectivity index is 2.18. The second kappa shape index (κ2) is 5.27. The van der Waals surface area contributed by atoms with E-state index in [-0.39, 0.29) is 0 Å². The van der Waals surface area contributed by atoms with Crippen molar-refractivity contribution in [3.63, 3.8) is 0 Å². The van der Waals surface area contributed by atoms with Crippen molar-refractivity contribution < 1.29 is 0 Å². The van der Waals surface area contributed by atoms with Crippen molar-refractivity contribution in [1.82, 2.24) is 4.57 Å². The molecule has 1 N–H and O–H groups in total. The molecule has 0 amide bonds. The smallest absolute Gasteiger partial charge is 0.0812 e. The Morgan fingerprint density at radius 3 is 2.72 bits per heavy atom. The van der Waals surface area contributed by atoms with E-state index in [1.807, 2.05) is 62.0 Å². The van der Waals surface area contributed by atoms with Crippen LogP contribution >= 0.6 is 11.6 Å². The number of hydrogen-bond acceptors (Lipinski definition) is 2. The van der Waals surface area contributed by atoms with E-state index in [9.17, 15) is 0 Å². The van der Waals surface area contributed by atoms with Gasteiger partial charge in [-0.3, -0.25) is 5.43 Å². The summed E-state index contributed by atoms with van der Waals surface area (Å²) >= 11 is 5.91. The number of anilines is 1. The summed E-state index contributed by atoms with van der Waals surface area (Å²) in [4.78, 5) is 0. The van der Waals surface area contributed by atoms with Crippen LogP contribution in [0, 0.1) is 6.92 Å². The summed E-state index contributed by atoms with van der Waals surface area (Å²) in [6.45, 7) is 3.98. The molecule has 2 rings (SSSR count). The number of nitrogens with zero attached hydrogens (tertiary/aromatic N) is 2. The molecule has 0 radical (unpaired) electrons. The van der Waals surface area contributed by atoms with Crippen molar-refractivity contribution >= 4 is 23.0 Å². The summed E-state index contributed by atoms with van der Waals surface area (Å²) in [5, 5.41) is 5.13. The van der Waals surface area contributed by atoms with Crippen LogP contribution in [0.25, 0.3) is 0 Å². The molecule has 1 aromatic carbocycles. The Morgan fingerprint density at radius 2 is 2.11 bits per heavy atom. The fourth-order valence-corrected chi connectivity index (χ4v) is 2.02. The number of rotatable bonds is 3. The van der Waals surface area contributed by atoms with Crippen LogP contribution in [0.4, 0.5) is 5.69 Å². The SMILES string of the molecule is C/C(=N\Nc1ccc(Cl)cc1C)c1cccn1C. The number of hydrazone groups is 1. The monoisotopic (exact) mass is 261 g/mol. The fourth-order valence-electron chi connectivity index (χ4n) is 1.79. The lowest BCUT2D eigenvalue weighted by molar-refractivity contribution is 0.913. The highest BCUT2D eigenvalue weighted by atomic mass is 35.5. The molecule has 94 valence electrons. The lowest BCUT2D eigenvalue weighted by Gasteiger charge is -2.07. The van der Waals surface area contributed by atoms with E-state index in [0.29, 0.717) is 0 Å². The van der Waals surface area contributed by atoms with Gasteiger partial charge in [-0.2, -0.15) is 5.10 Å². The zero-order valence-corrected chi connectivity index (χ0v) is 11.5. The number of benzene rings is 1. The molecule has 2 aromatic rings. The van der Waals surface area contributed by atoms with Crippen LogP contribution in [-0.2, 0) is 7.05 Å². The van der Waals surface area contributed by atoms with Gasteiger partial charge in [-0.1, -0.05) is 11.6 Å². The van der Waals surface area contributed by atoms with Crippen molar-refractivity contribution in [3.05, 3.63) is 52.8 Å². The lowest BCUT2D eigenvalue weighted by atomic mass is 10.2. The van der Waals surface area contributed by atoms with Crippen molar-refractivity contribution in [2.75, 3.05) is 5.43 Å². The van der Waals surface area contributed by atoms with E-state index in [1.54, 1.807) is 0 Å². The van der Waals surface area contributed by atoms with Crippen molar-refractivity contribution in [2.45, 2.75) is 13.8 Å². The van der Waals surface area contributed by atoms with Crippen LogP contribution in [0.5, 0.6) is 0 Å². The average molecular weight is 262 g/mol. The van der Waals surface area contributed by atoms with Gasteiger partial charge in [-0.25, -0.2) is 0 Å². The van der Waals surface area contributed by atoms with E-state index in [2.05, 4.69) is 10.5 Å². The maximum Gasteiger partial charge on any atom is 0.0812 e. The zero-order valence-electron chi connectivity index (χ0n) is 10.7. The third-order valence-corrected chi connectivity index (χ3v) is 3.08. The first-order valence-corrected chi connectivity index (χ1v) is 6.14. The Morgan fingerprint density at radius 1 is 1.33 bits per heavy atom. The summed E-state index contributed by atoms with van der Waals surface area (Å²) in [5.74, 6) is 0. The summed E-state index contributed by atoms with van der Waals surface area (Å²) in [7, 11) is 2.00. The highest BCUT2D eigenvalue weighted by molar-refractivity contribution is 6.30. The van der Waals surface area contributed by atoms with Gasteiger partial charge in [-0.05, 0) is 49.7 Å². The van der Waals surface area contributed by atoms with Gasteiger partial charge in [0.1, 0.15) is 0 Å². The first-order valence-electron chi connectivity index (χ1n) is 5.76. The molecule has 0 bridgehead atoms. The predicted octanol–water partition coefficient (Wildman–Crippen LogP) is 3.82. The van der Waals surface area contributed by atoms with E-state index in [0.717, 1.165) is 27.7 Å². The molecule has 0 atom stereocenters. The molecule has 0 saturated carbocycles. The van der Waals surface area contributed by atoms with Gasteiger partial charge in [0.05, 0.1) is 17.1 Å². The summed E-state index contributed by atoms with van der Waals surface area (Å²) in [6, 6.07) is 9.73. The van der Waals surface area contributed by atoms with Gasteiger partial charge >= 0.3 is 0 Å². The van der Waals surface area contributed by atoms with Crippen molar-refractivity contribution in [1.29, 1.82) is 0 Å². The maximum atomic E-state index is 5.91. The first kappa shape index (κ1) is 12.7. The maximum absolute atomic E-state index is 5.91. The molecule has 0 aliphatic rings. The number of nitrogens with one attached hydrogen (secondary N) is 1. The van der Waals surface area contributed by atoms with Gasteiger partial charge < -0.3 is 4.57 Å². The van der Waals surface area contributed by atoms with Crippen LogP contribution in [0.2, 0.25) is 5.02 Å².